The summed E-state index contributed by atoms with van der Waals surface area (Å²) in [7, 11) is 1.98. The maximum atomic E-state index is 8.54. The number of anilines is 1. The van der Waals surface area contributed by atoms with Gasteiger partial charge in [-0.15, -0.1) is 0 Å². The Morgan fingerprint density at radius 1 is 1.47 bits per heavy atom. The van der Waals surface area contributed by atoms with Crippen molar-refractivity contribution in [3.63, 3.8) is 0 Å². The third-order valence-electron chi connectivity index (χ3n) is 2.40. The highest BCUT2D eigenvalue weighted by Crippen LogP contribution is 2.23. The maximum absolute atomic E-state index is 8.54. The van der Waals surface area contributed by atoms with Crippen LogP contribution in [0.15, 0.2) is 24.3 Å². The first-order valence-electron chi connectivity index (χ1n) is 5.09. The van der Waals surface area contributed by atoms with Crippen molar-refractivity contribution in [1.82, 2.24) is 0 Å². The number of nitrogens with zero attached hydrogens (tertiary/aromatic N) is 2. The summed E-state index contributed by atoms with van der Waals surface area (Å²) in [6.45, 7) is 2.71. The Bertz CT molecular complexity index is 352. The lowest BCUT2D eigenvalue weighted by Gasteiger charge is -2.22. The fourth-order valence-corrected chi connectivity index (χ4v) is 1.56. The summed E-state index contributed by atoms with van der Waals surface area (Å²) < 4.78 is 0. The Morgan fingerprint density at radius 2 is 2.13 bits per heavy atom. The minimum absolute atomic E-state index is 0.0192. The summed E-state index contributed by atoms with van der Waals surface area (Å²) in [6.07, 6.45) is 0.532. The average Bonchev–Trinajstić information content (AvgIpc) is 2.25. The van der Waals surface area contributed by atoms with E-state index in [4.69, 9.17) is 11.0 Å². The second-order valence-corrected chi connectivity index (χ2v) is 3.68. The van der Waals surface area contributed by atoms with Gasteiger partial charge < -0.3 is 10.6 Å². The van der Waals surface area contributed by atoms with E-state index in [-0.39, 0.29) is 6.04 Å². The van der Waals surface area contributed by atoms with Gasteiger partial charge in [-0.2, -0.15) is 5.26 Å². The zero-order valence-corrected chi connectivity index (χ0v) is 9.27. The van der Waals surface area contributed by atoms with Crippen molar-refractivity contribution in [3.05, 3.63) is 29.8 Å². The SMILES string of the molecule is C[C@H](N)c1ccccc1N(C)CCC#N. The van der Waals surface area contributed by atoms with Crippen LogP contribution in [0.3, 0.4) is 0 Å². The minimum atomic E-state index is 0.0192. The minimum Gasteiger partial charge on any atom is -0.373 e. The molecule has 0 saturated carbocycles. The quantitative estimate of drug-likeness (QED) is 0.814. The highest BCUT2D eigenvalue weighted by atomic mass is 15.1. The zero-order chi connectivity index (χ0) is 11.3. The van der Waals surface area contributed by atoms with Crippen molar-refractivity contribution in [2.45, 2.75) is 19.4 Å². The number of hydrogen-bond donors (Lipinski definition) is 1. The number of para-hydroxylation sites is 1. The lowest BCUT2D eigenvalue weighted by Crippen LogP contribution is -2.21. The molecule has 2 N–H and O–H groups in total. The predicted octanol–water partition coefficient (Wildman–Crippen LogP) is 2.06. The molecule has 3 heteroatoms. The third-order valence-corrected chi connectivity index (χ3v) is 2.40. The van der Waals surface area contributed by atoms with Crippen LogP contribution in [0.2, 0.25) is 0 Å². The van der Waals surface area contributed by atoms with Crippen LogP contribution in [-0.4, -0.2) is 13.6 Å². The van der Waals surface area contributed by atoms with E-state index >= 15 is 0 Å². The van der Waals surface area contributed by atoms with E-state index in [1.807, 2.05) is 38.2 Å². The van der Waals surface area contributed by atoms with Gasteiger partial charge in [0.05, 0.1) is 12.5 Å². The van der Waals surface area contributed by atoms with E-state index in [2.05, 4.69) is 11.0 Å². The lowest BCUT2D eigenvalue weighted by molar-refractivity contribution is 0.801. The Labute approximate surface area is 91.1 Å². The number of nitriles is 1. The molecule has 1 aromatic carbocycles. The molecule has 0 amide bonds. The second-order valence-electron chi connectivity index (χ2n) is 3.68. The van der Waals surface area contributed by atoms with Crippen molar-refractivity contribution < 1.29 is 0 Å². The van der Waals surface area contributed by atoms with Crippen LogP contribution < -0.4 is 10.6 Å². The molecule has 0 aromatic heterocycles. The zero-order valence-electron chi connectivity index (χ0n) is 9.27. The highest BCUT2D eigenvalue weighted by molar-refractivity contribution is 5.54. The van der Waals surface area contributed by atoms with E-state index in [1.54, 1.807) is 0 Å². The molecule has 1 rings (SSSR count). The van der Waals surface area contributed by atoms with Gasteiger partial charge in [0, 0.05) is 25.3 Å². The standard InChI is InChI=1S/C12H17N3/c1-10(14)11-6-3-4-7-12(11)15(2)9-5-8-13/h3-4,6-7,10H,5,9,14H2,1-2H3/t10-/m0/s1. The molecular formula is C12H17N3. The van der Waals surface area contributed by atoms with Gasteiger partial charge >= 0.3 is 0 Å². The number of nitrogens with two attached hydrogens (primary N) is 1. The fourth-order valence-electron chi connectivity index (χ4n) is 1.56. The van der Waals surface area contributed by atoms with Gasteiger partial charge in [0.15, 0.2) is 0 Å². The molecule has 3 nitrogen and oxygen atoms in total. The number of hydrogen-bond acceptors (Lipinski definition) is 3. The molecule has 0 bridgehead atoms. The Morgan fingerprint density at radius 3 is 2.73 bits per heavy atom. The molecule has 0 fully saturated rings. The molecule has 0 spiro atoms. The average molecular weight is 203 g/mol. The predicted molar refractivity (Wildman–Crippen MR) is 62.5 cm³/mol. The van der Waals surface area contributed by atoms with Crippen molar-refractivity contribution in [1.29, 1.82) is 5.26 Å². The Balaban J connectivity index is 2.88. The maximum Gasteiger partial charge on any atom is 0.0640 e. The van der Waals surface area contributed by atoms with Crippen LogP contribution in [0, 0.1) is 11.3 Å². The molecule has 0 radical (unpaired) electrons. The summed E-state index contributed by atoms with van der Waals surface area (Å²) in [5.41, 5.74) is 8.13. The van der Waals surface area contributed by atoms with E-state index in [0.717, 1.165) is 17.8 Å². The van der Waals surface area contributed by atoms with E-state index in [0.29, 0.717) is 6.42 Å². The van der Waals surface area contributed by atoms with Gasteiger partial charge in [0.1, 0.15) is 0 Å². The lowest BCUT2D eigenvalue weighted by atomic mass is 10.1. The molecule has 1 atom stereocenters. The molecule has 0 aliphatic rings. The van der Waals surface area contributed by atoms with E-state index < -0.39 is 0 Å². The topological polar surface area (TPSA) is 53.0 Å². The summed E-state index contributed by atoms with van der Waals surface area (Å²) in [5.74, 6) is 0. The third kappa shape index (κ3) is 2.97. The van der Waals surface area contributed by atoms with Gasteiger partial charge in [0.25, 0.3) is 0 Å². The number of benzene rings is 1. The first-order valence-corrected chi connectivity index (χ1v) is 5.09. The van der Waals surface area contributed by atoms with Crippen LogP contribution >= 0.6 is 0 Å². The molecule has 1 aromatic rings. The van der Waals surface area contributed by atoms with Crippen molar-refractivity contribution in [2.24, 2.45) is 5.73 Å². The summed E-state index contributed by atoms with van der Waals surface area (Å²) in [6, 6.07) is 10.2. The Hall–Kier alpha value is -1.53. The molecular weight excluding hydrogens is 186 g/mol. The van der Waals surface area contributed by atoms with Crippen LogP contribution in [0.4, 0.5) is 5.69 Å². The molecule has 15 heavy (non-hydrogen) atoms. The van der Waals surface area contributed by atoms with Crippen molar-refractivity contribution in [3.8, 4) is 6.07 Å². The molecule has 0 aliphatic carbocycles. The highest BCUT2D eigenvalue weighted by Gasteiger charge is 2.09. The molecule has 0 aliphatic heterocycles. The molecule has 0 unspecified atom stereocenters. The molecule has 0 saturated heterocycles. The van der Waals surface area contributed by atoms with Crippen LogP contribution in [0.1, 0.15) is 24.9 Å². The fraction of sp³-hybridized carbons (Fsp3) is 0.417. The normalized spacial score (nSPS) is 11.9. The monoisotopic (exact) mass is 203 g/mol. The summed E-state index contributed by atoms with van der Waals surface area (Å²) >= 11 is 0. The van der Waals surface area contributed by atoms with Gasteiger partial charge in [-0.1, -0.05) is 18.2 Å². The largest absolute Gasteiger partial charge is 0.373 e. The first kappa shape index (κ1) is 11.5. The summed E-state index contributed by atoms with van der Waals surface area (Å²) in [4.78, 5) is 2.07. The van der Waals surface area contributed by atoms with Crippen LogP contribution in [0.5, 0.6) is 0 Å². The van der Waals surface area contributed by atoms with Crippen LogP contribution in [0.25, 0.3) is 0 Å². The van der Waals surface area contributed by atoms with E-state index in [9.17, 15) is 0 Å². The first-order chi connectivity index (χ1) is 7.16. The Kier molecular flexibility index (Phi) is 4.14. The van der Waals surface area contributed by atoms with Crippen molar-refractivity contribution >= 4 is 5.69 Å². The van der Waals surface area contributed by atoms with E-state index in [1.165, 1.54) is 0 Å². The second kappa shape index (κ2) is 5.38. The summed E-state index contributed by atoms with van der Waals surface area (Å²) in [5, 5.41) is 8.54. The van der Waals surface area contributed by atoms with Crippen molar-refractivity contribution in [2.75, 3.05) is 18.5 Å². The van der Waals surface area contributed by atoms with Gasteiger partial charge in [-0.05, 0) is 18.6 Å². The molecule has 0 heterocycles. The van der Waals surface area contributed by atoms with Crippen LogP contribution in [-0.2, 0) is 0 Å². The number of rotatable bonds is 4. The van der Waals surface area contributed by atoms with Gasteiger partial charge in [-0.3, -0.25) is 0 Å². The van der Waals surface area contributed by atoms with Gasteiger partial charge in [-0.25, -0.2) is 0 Å². The smallest absolute Gasteiger partial charge is 0.0640 e. The molecule has 80 valence electrons. The van der Waals surface area contributed by atoms with Gasteiger partial charge in [0.2, 0.25) is 0 Å².